The van der Waals surface area contributed by atoms with E-state index in [0.717, 1.165) is 6.04 Å². The van der Waals surface area contributed by atoms with Crippen molar-refractivity contribution in [2.45, 2.75) is 51.2 Å². The van der Waals surface area contributed by atoms with Crippen LogP contribution in [0.3, 0.4) is 0 Å². The lowest BCUT2D eigenvalue weighted by Gasteiger charge is -2.49. The zero-order valence-corrected chi connectivity index (χ0v) is 12.6. The number of rotatable bonds is 2. The maximum absolute atomic E-state index is 9.43. The molecule has 3 unspecified atom stereocenters. The monoisotopic (exact) mass is 274 g/mol. The number of aromatic hydroxyl groups is 1. The number of nitrogens with zero attached hydrogens (tertiary/aromatic N) is 2. The number of fused-ring (bicyclic) bond motifs is 1. The number of hydrogen-bond donors (Lipinski definition) is 1. The summed E-state index contributed by atoms with van der Waals surface area (Å²) in [6.45, 7) is 8.32. The maximum Gasteiger partial charge on any atom is 0.115 e. The van der Waals surface area contributed by atoms with Crippen LogP contribution in [-0.4, -0.2) is 46.6 Å². The molecule has 0 aliphatic carbocycles. The predicted molar refractivity (Wildman–Crippen MR) is 81.9 cm³/mol. The van der Waals surface area contributed by atoms with Crippen LogP contribution in [0.25, 0.3) is 0 Å². The lowest BCUT2D eigenvalue weighted by atomic mass is 9.94. The highest BCUT2D eigenvalue weighted by Gasteiger charge is 2.35. The van der Waals surface area contributed by atoms with Crippen LogP contribution in [0.1, 0.15) is 44.7 Å². The second kappa shape index (κ2) is 5.74. The Morgan fingerprint density at radius 2 is 1.90 bits per heavy atom. The van der Waals surface area contributed by atoms with Crippen molar-refractivity contribution in [3.05, 3.63) is 29.8 Å². The Morgan fingerprint density at radius 3 is 2.65 bits per heavy atom. The van der Waals surface area contributed by atoms with Crippen molar-refractivity contribution in [2.24, 2.45) is 0 Å². The van der Waals surface area contributed by atoms with Crippen LogP contribution >= 0.6 is 0 Å². The van der Waals surface area contributed by atoms with Gasteiger partial charge in [0.05, 0.1) is 0 Å². The number of phenols is 1. The molecule has 2 saturated heterocycles. The molecule has 2 aliphatic rings. The van der Waals surface area contributed by atoms with Gasteiger partial charge in [-0.1, -0.05) is 18.6 Å². The van der Waals surface area contributed by atoms with Gasteiger partial charge in [0, 0.05) is 31.2 Å². The molecule has 3 atom stereocenters. The van der Waals surface area contributed by atoms with Crippen LogP contribution in [0, 0.1) is 0 Å². The number of hydrogen-bond acceptors (Lipinski definition) is 3. The first-order valence-electron chi connectivity index (χ1n) is 7.94. The molecular weight excluding hydrogens is 248 g/mol. The van der Waals surface area contributed by atoms with E-state index in [1.165, 1.54) is 44.5 Å². The molecule has 110 valence electrons. The third kappa shape index (κ3) is 2.70. The van der Waals surface area contributed by atoms with Crippen molar-refractivity contribution in [3.8, 4) is 5.75 Å². The van der Waals surface area contributed by atoms with Crippen molar-refractivity contribution in [1.29, 1.82) is 0 Å². The fraction of sp³-hybridized carbons (Fsp3) is 0.647. The fourth-order valence-corrected chi connectivity index (χ4v) is 3.86. The zero-order chi connectivity index (χ0) is 14.1. The molecule has 0 spiro atoms. The number of piperazine rings is 1. The summed E-state index contributed by atoms with van der Waals surface area (Å²) in [5.74, 6) is 0.353. The van der Waals surface area contributed by atoms with E-state index in [1.54, 1.807) is 12.1 Å². The van der Waals surface area contributed by atoms with E-state index < -0.39 is 0 Å². The Kier molecular flexibility index (Phi) is 3.99. The summed E-state index contributed by atoms with van der Waals surface area (Å²) in [6, 6.07) is 9.49. The molecule has 0 radical (unpaired) electrons. The number of piperidine rings is 1. The molecule has 0 bridgehead atoms. The molecule has 0 amide bonds. The van der Waals surface area contributed by atoms with Gasteiger partial charge in [-0.2, -0.15) is 0 Å². The van der Waals surface area contributed by atoms with Gasteiger partial charge in [0.1, 0.15) is 5.75 Å². The fourth-order valence-electron chi connectivity index (χ4n) is 3.86. The average Bonchev–Trinajstić information content (AvgIpc) is 2.46. The van der Waals surface area contributed by atoms with Crippen LogP contribution in [0.15, 0.2) is 24.3 Å². The van der Waals surface area contributed by atoms with Crippen molar-refractivity contribution in [3.63, 3.8) is 0 Å². The van der Waals surface area contributed by atoms with Crippen molar-refractivity contribution < 1.29 is 5.11 Å². The van der Waals surface area contributed by atoms with E-state index in [2.05, 4.69) is 35.8 Å². The molecule has 2 fully saturated rings. The van der Waals surface area contributed by atoms with Gasteiger partial charge < -0.3 is 5.11 Å². The van der Waals surface area contributed by atoms with E-state index in [1.807, 2.05) is 0 Å². The van der Waals surface area contributed by atoms with E-state index in [-0.39, 0.29) is 0 Å². The molecular formula is C17H26N2O. The summed E-state index contributed by atoms with van der Waals surface area (Å²) in [4.78, 5) is 5.33. The predicted octanol–water partition coefficient (Wildman–Crippen LogP) is 3.01. The molecule has 3 heteroatoms. The Labute approximate surface area is 122 Å². The summed E-state index contributed by atoms with van der Waals surface area (Å²) in [5, 5.41) is 9.43. The lowest BCUT2D eigenvalue weighted by Crippen LogP contribution is -2.58. The van der Waals surface area contributed by atoms with E-state index in [0.29, 0.717) is 17.8 Å². The molecule has 20 heavy (non-hydrogen) atoms. The van der Waals surface area contributed by atoms with Gasteiger partial charge in [-0.15, -0.1) is 0 Å². The first kappa shape index (κ1) is 13.9. The van der Waals surface area contributed by atoms with Gasteiger partial charge in [0.2, 0.25) is 0 Å². The average molecular weight is 274 g/mol. The minimum atomic E-state index is 0.353. The molecule has 2 heterocycles. The normalized spacial score (nSPS) is 29.9. The third-order valence-corrected chi connectivity index (χ3v) is 5.11. The maximum atomic E-state index is 9.43. The topological polar surface area (TPSA) is 26.7 Å². The quantitative estimate of drug-likeness (QED) is 0.898. The summed E-state index contributed by atoms with van der Waals surface area (Å²) >= 11 is 0. The van der Waals surface area contributed by atoms with Gasteiger partial charge in [0.25, 0.3) is 0 Å². The molecule has 1 aromatic rings. The van der Waals surface area contributed by atoms with Gasteiger partial charge in [-0.3, -0.25) is 9.80 Å². The minimum Gasteiger partial charge on any atom is -0.508 e. The largest absolute Gasteiger partial charge is 0.508 e. The number of benzene rings is 1. The standard InChI is InChI=1S/C17H26N2O/c1-13-11-18-10-4-3-5-16(18)12-19(13)14(2)15-6-8-17(20)9-7-15/h6-9,13-14,16,20H,3-5,10-12H2,1-2H3. The highest BCUT2D eigenvalue weighted by molar-refractivity contribution is 5.28. The zero-order valence-electron chi connectivity index (χ0n) is 12.6. The second-order valence-corrected chi connectivity index (χ2v) is 6.46. The van der Waals surface area contributed by atoms with Crippen LogP contribution in [0.5, 0.6) is 5.75 Å². The Balaban J connectivity index is 1.73. The van der Waals surface area contributed by atoms with Crippen molar-refractivity contribution >= 4 is 0 Å². The van der Waals surface area contributed by atoms with Crippen LogP contribution in [0.4, 0.5) is 0 Å². The molecule has 1 N–H and O–H groups in total. The summed E-state index contributed by atoms with van der Waals surface area (Å²) in [7, 11) is 0. The van der Waals surface area contributed by atoms with Gasteiger partial charge in [0.15, 0.2) is 0 Å². The molecule has 2 aliphatic heterocycles. The highest BCUT2D eigenvalue weighted by Crippen LogP contribution is 2.31. The van der Waals surface area contributed by atoms with Crippen LogP contribution < -0.4 is 0 Å². The lowest BCUT2D eigenvalue weighted by molar-refractivity contribution is -0.00460. The van der Waals surface area contributed by atoms with Gasteiger partial charge in [-0.05, 0) is 50.9 Å². The Morgan fingerprint density at radius 1 is 1.15 bits per heavy atom. The Bertz CT molecular complexity index is 445. The minimum absolute atomic E-state index is 0.353. The van der Waals surface area contributed by atoms with Crippen molar-refractivity contribution in [2.75, 3.05) is 19.6 Å². The van der Waals surface area contributed by atoms with Crippen LogP contribution in [0.2, 0.25) is 0 Å². The highest BCUT2D eigenvalue weighted by atomic mass is 16.3. The molecule has 3 nitrogen and oxygen atoms in total. The third-order valence-electron chi connectivity index (χ3n) is 5.11. The first-order chi connectivity index (χ1) is 9.65. The van der Waals surface area contributed by atoms with E-state index >= 15 is 0 Å². The molecule has 0 saturated carbocycles. The van der Waals surface area contributed by atoms with E-state index in [4.69, 9.17) is 0 Å². The SMILES string of the molecule is CC1CN2CCCCC2CN1C(C)c1ccc(O)cc1. The molecule has 1 aromatic carbocycles. The van der Waals surface area contributed by atoms with Crippen molar-refractivity contribution in [1.82, 2.24) is 9.80 Å². The molecule has 3 rings (SSSR count). The molecule has 0 aromatic heterocycles. The first-order valence-corrected chi connectivity index (χ1v) is 7.94. The van der Waals surface area contributed by atoms with Crippen LogP contribution in [-0.2, 0) is 0 Å². The second-order valence-electron chi connectivity index (χ2n) is 6.46. The van der Waals surface area contributed by atoms with Gasteiger partial charge in [-0.25, -0.2) is 0 Å². The summed E-state index contributed by atoms with van der Waals surface area (Å²) in [5.41, 5.74) is 1.30. The summed E-state index contributed by atoms with van der Waals surface area (Å²) < 4.78 is 0. The smallest absolute Gasteiger partial charge is 0.115 e. The van der Waals surface area contributed by atoms with Gasteiger partial charge >= 0.3 is 0 Å². The summed E-state index contributed by atoms with van der Waals surface area (Å²) in [6.07, 6.45) is 4.11. The Hall–Kier alpha value is -1.06. The number of phenolic OH excluding ortho intramolecular Hbond substituents is 1. The van der Waals surface area contributed by atoms with E-state index in [9.17, 15) is 5.11 Å².